The van der Waals surface area contributed by atoms with E-state index in [4.69, 9.17) is 9.47 Å². The van der Waals surface area contributed by atoms with Crippen LogP contribution in [-0.2, 0) is 44.7 Å². The number of tetrazole rings is 1. The van der Waals surface area contributed by atoms with Crippen LogP contribution in [0.15, 0.2) is 30.6 Å². The lowest BCUT2D eigenvalue weighted by Crippen LogP contribution is -2.29. The van der Waals surface area contributed by atoms with Gasteiger partial charge >= 0.3 is 23.9 Å². The molecule has 1 heterocycles. The molecule has 1 aromatic heterocycles. The Balaban J connectivity index is 2.64. The van der Waals surface area contributed by atoms with Crippen molar-refractivity contribution in [2.75, 3.05) is 20.8 Å². The van der Waals surface area contributed by atoms with Crippen LogP contribution in [0.25, 0.3) is 0 Å². The van der Waals surface area contributed by atoms with Gasteiger partial charge in [0, 0.05) is 24.3 Å². The molecule has 12 heteroatoms. The molecule has 0 amide bonds. The highest BCUT2D eigenvalue weighted by molar-refractivity contribution is 5.92. The number of nitrogens with zero attached hydrogens (tertiary/aromatic N) is 4. The van der Waals surface area contributed by atoms with E-state index in [9.17, 15) is 19.2 Å². The third kappa shape index (κ3) is 8.33. The van der Waals surface area contributed by atoms with E-state index in [2.05, 4.69) is 25.0 Å². The maximum absolute atomic E-state index is 11.7. The molecule has 0 fully saturated rings. The van der Waals surface area contributed by atoms with Crippen molar-refractivity contribution in [3.8, 4) is 0 Å². The Morgan fingerprint density at radius 2 is 1.54 bits per heavy atom. The van der Waals surface area contributed by atoms with Crippen LogP contribution in [0.4, 0.5) is 0 Å². The predicted molar refractivity (Wildman–Crippen MR) is 81.0 cm³/mol. The number of rotatable bonds is 9. The minimum Gasteiger partial charge on any atom is -0.466 e. The first-order valence-corrected chi connectivity index (χ1v) is 7.04. The van der Waals surface area contributed by atoms with Crippen molar-refractivity contribution < 1.29 is 38.1 Å². The van der Waals surface area contributed by atoms with Gasteiger partial charge in [0.25, 0.3) is 0 Å². The minimum absolute atomic E-state index is 0.0151. The summed E-state index contributed by atoms with van der Waals surface area (Å²) in [6.45, 7) is -0.360. The molecule has 0 bridgehead atoms. The van der Waals surface area contributed by atoms with Crippen LogP contribution in [0.5, 0.6) is 0 Å². The number of carbonyl (C=O) groups is 4. The molecule has 1 aromatic rings. The normalized spacial score (nSPS) is 11.9. The zero-order valence-electron chi connectivity index (χ0n) is 13.9. The molecule has 0 aliphatic heterocycles. The molecule has 0 aliphatic carbocycles. The molecule has 1 unspecified atom stereocenters. The Bertz CT molecular complexity index is 683. The topological polar surface area (TPSA) is 149 Å². The van der Waals surface area contributed by atoms with Gasteiger partial charge in [-0.2, -0.15) is 0 Å². The average molecular weight is 368 g/mol. The minimum atomic E-state index is -0.955. The molecule has 26 heavy (non-hydrogen) atoms. The van der Waals surface area contributed by atoms with Crippen molar-refractivity contribution in [1.82, 2.24) is 20.2 Å². The van der Waals surface area contributed by atoms with Crippen LogP contribution in [-0.4, -0.2) is 71.0 Å². The number of carbonyl (C=O) groups excluding carboxylic acids is 4. The summed E-state index contributed by atoms with van der Waals surface area (Å²) in [6.07, 6.45) is 3.79. The number of methoxy groups -OCH3 is 2. The third-order valence-electron chi connectivity index (χ3n) is 2.59. The molecule has 0 saturated carbocycles. The molecule has 1 atom stereocenters. The highest BCUT2D eigenvalue weighted by atomic mass is 16.6. The second-order valence-electron chi connectivity index (χ2n) is 4.43. The fourth-order valence-corrected chi connectivity index (χ4v) is 1.43. The third-order valence-corrected chi connectivity index (χ3v) is 2.59. The lowest BCUT2D eigenvalue weighted by atomic mass is 10.3. The van der Waals surface area contributed by atoms with Gasteiger partial charge in [0.2, 0.25) is 0 Å². The summed E-state index contributed by atoms with van der Waals surface area (Å²) < 4.78 is 19.9. The highest BCUT2D eigenvalue weighted by Crippen LogP contribution is 2.00. The van der Waals surface area contributed by atoms with Gasteiger partial charge in [-0.05, 0) is 10.4 Å². The van der Waals surface area contributed by atoms with Gasteiger partial charge in [-0.1, -0.05) is 0 Å². The van der Waals surface area contributed by atoms with Gasteiger partial charge in [0.1, 0.15) is 12.9 Å². The van der Waals surface area contributed by atoms with Crippen LogP contribution < -0.4 is 0 Å². The summed E-state index contributed by atoms with van der Waals surface area (Å²) in [4.78, 5) is 45.1. The standard InChI is InChI=1S/C14H16N4O8/c1-23-11(19)3-5-13(21)25-8-10(7-18-9-15-16-17-18)26-14(22)6-4-12(20)24-2/h3-6,9-10H,7-8H2,1-2H3/b5-3+,6-4+. The van der Waals surface area contributed by atoms with Crippen molar-refractivity contribution >= 4 is 23.9 Å². The second-order valence-corrected chi connectivity index (χ2v) is 4.43. The summed E-state index contributed by atoms with van der Waals surface area (Å²) >= 11 is 0. The molecule has 0 aliphatic rings. The SMILES string of the molecule is COC(=O)/C=C/C(=O)OCC(Cn1cnnn1)OC(=O)/C=C/C(=O)OC. The Morgan fingerprint density at radius 3 is 2.08 bits per heavy atom. The highest BCUT2D eigenvalue weighted by Gasteiger charge is 2.17. The van der Waals surface area contributed by atoms with Crippen LogP contribution in [0.1, 0.15) is 0 Å². The van der Waals surface area contributed by atoms with Gasteiger partial charge in [0.05, 0.1) is 20.8 Å². The predicted octanol–water partition coefficient (Wildman–Crippen LogP) is -1.41. The molecule has 12 nitrogen and oxygen atoms in total. The van der Waals surface area contributed by atoms with Crippen LogP contribution in [0.3, 0.4) is 0 Å². The van der Waals surface area contributed by atoms with Gasteiger partial charge in [-0.3, -0.25) is 0 Å². The fraction of sp³-hybridized carbons (Fsp3) is 0.357. The fourth-order valence-electron chi connectivity index (χ4n) is 1.43. The summed E-state index contributed by atoms with van der Waals surface area (Å²) in [5.41, 5.74) is 0. The van der Waals surface area contributed by atoms with Crippen molar-refractivity contribution in [2.24, 2.45) is 0 Å². The van der Waals surface area contributed by atoms with E-state index >= 15 is 0 Å². The van der Waals surface area contributed by atoms with Crippen molar-refractivity contribution in [3.05, 3.63) is 30.6 Å². The zero-order valence-corrected chi connectivity index (χ0v) is 13.9. The van der Waals surface area contributed by atoms with Gasteiger partial charge in [0.15, 0.2) is 6.10 Å². The van der Waals surface area contributed by atoms with Crippen molar-refractivity contribution in [2.45, 2.75) is 12.6 Å². The Kier molecular flexibility index (Phi) is 8.71. The average Bonchev–Trinajstić information content (AvgIpc) is 3.14. The quantitative estimate of drug-likeness (QED) is 0.287. The van der Waals surface area contributed by atoms with Crippen molar-refractivity contribution in [3.63, 3.8) is 0 Å². The van der Waals surface area contributed by atoms with E-state index in [1.807, 2.05) is 0 Å². The summed E-state index contributed by atoms with van der Waals surface area (Å²) in [5, 5.41) is 10.5. The van der Waals surface area contributed by atoms with Crippen LogP contribution in [0.2, 0.25) is 0 Å². The number of ether oxygens (including phenoxy) is 4. The molecule has 1 rings (SSSR count). The summed E-state index contributed by atoms with van der Waals surface area (Å²) in [6, 6.07) is 0. The van der Waals surface area contributed by atoms with Gasteiger partial charge in [-0.15, -0.1) is 5.10 Å². The summed E-state index contributed by atoms with van der Waals surface area (Å²) in [7, 11) is 2.31. The second kappa shape index (κ2) is 11.1. The number of esters is 4. The number of aromatic nitrogens is 4. The zero-order chi connectivity index (χ0) is 19.4. The van der Waals surface area contributed by atoms with Gasteiger partial charge < -0.3 is 18.9 Å². The van der Waals surface area contributed by atoms with E-state index in [1.54, 1.807) is 0 Å². The smallest absolute Gasteiger partial charge is 0.331 e. The molecule has 0 N–H and O–H groups in total. The Labute approximate surface area is 147 Å². The number of hydrogen-bond donors (Lipinski definition) is 0. The largest absolute Gasteiger partial charge is 0.466 e. The molecule has 0 spiro atoms. The first kappa shape index (κ1) is 20.5. The Morgan fingerprint density at radius 1 is 0.962 bits per heavy atom. The first-order valence-electron chi connectivity index (χ1n) is 7.04. The molecular weight excluding hydrogens is 352 g/mol. The van der Waals surface area contributed by atoms with E-state index < -0.39 is 30.0 Å². The van der Waals surface area contributed by atoms with Crippen molar-refractivity contribution in [1.29, 1.82) is 0 Å². The van der Waals surface area contributed by atoms with E-state index in [0.29, 0.717) is 0 Å². The summed E-state index contributed by atoms with van der Waals surface area (Å²) in [5.74, 6) is -3.18. The molecule has 0 aromatic carbocycles. The molecule has 140 valence electrons. The molecule has 0 saturated heterocycles. The first-order chi connectivity index (χ1) is 12.4. The Hall–Kier alpha value is -3.57. The number of hydrogen-bond acceptors (Lipinski definition) is 11. The lowest BCUT2D eigenvalue weighted by Gasteiger charge is -2.16. The maximum atomic E-state index is 11.7. The van der Waals surface area contributed by atoms with Crippen LogP contribution >= 0.6 is 0 Å². The van der Waals surface area contributed by atoms with E-state index in [-0.39, 0.29) is 13.2 Å². The maximum Gasteiger partial charge on any atom is 0.331 e. The monoisotopic (exact) mass is 368 g/mol. The molecule has 0 radical (unpaired) electrons. The lowest BCUT2D eigenvalue weighted by molar-refractivity contribution is -0.153. The molecular formula is C14H16N4O8. The van der Waals surface area contributed by atoms with Gasteiger partial charge in [-0.25, -0.2) is 23.9 Å². The van der Waals surface area contributed by atoms with E-state index in [1.165, 1.54) is 11.0 Å². The van der Waals surface area contributed by atoms with E-state index in [0.717, 1.165) is 38.5 Å². The van der Waals surface area contributed by atoms with Crippen LogP contribution in [0, 0.1) is 0 Å².